The Morgan fingerprint density at radius 2 is 1.71 bits per heavy atom. The Hall–Kier alpha value is -2.02. The van der Waals surface area contributed by atoms with Crippen molar-refractivity contribution in [3.63, 3.8) is 0 Å². The van der Waals surface area contributed by atoms with Crippen LogP contribution < -0.4 is 0 Å². The Labute approximate surface area is 101 Å². The number of rotatable bonds is 2. The summed E-state index contributed by atoms with van der Waals surface area (Å²) in [5, 5.41) is 1.17. The monoisotopic (exact) mass is 222 g/mol. The second kappa shape index (κ2) is 4.10. The summed E-state index contributed by atoms with van der Waals surface area (Å²) in [5.74, 6) is 0.412. The first kappa shape index (κ1) is 10.2. The second-order valence-corrected chi connectivity index (χ2v) is 4.35. The minimum atomic E-state index is 0.412. The minimum absolute atomic E-state index is 0.412. The lowest BCUT2D eigenvalue weighted by Crippen LogP contribution is -1.94. The summed E-state index contributed by atoms with van der Waals surface area (Å²) < 4.78 is 5.36. The smallest absolute Gasteiger partial charge is 0.133 e. The highest BCUT2D eigenvalue weighted by molar-refractivity contribution is 5.78. The summed E-state index contributed by atoms with van der Waals surface area (Å²) in [7, 11) is 0. The van der Waals surface area contributed by atoms with Gasteiger partial charge in [-0.15, -0.1) is 0 Å². The van der Waals surface area contributed by atoms with Crippen molar-refractivity contribution in [2.45, 2.75) is 12.8 Å². The third-order valence-corrected chi connectivity index (χ3v) is 3.28. The van der Waals surface area contributed by atoms with Crippen molar-refractivity contribution < 1.29 is 4.42 Å². The third-order valence-electron chi connectivity index (χ3n) is 3.28. The van der Waals surface area contributed by atoms with Gasteiger partial charge in [0.05, 0.1) is 6.26 Å². The average Bonchev–Trinajstić information content (AvgIpc) is 2.86. The molecule has 84 valence electrons. The molecule has 0 aliphatic rings. The summed E-state index contributed by atoms with van der Waals surface area (Å²) in [6, 6.07) is 19.0. The first-order chi connectivity index (χ1) is 8.34. The van der Waals surface area contributed by atoms with Crippen LogP contribution in [-0.4, -0.2) is 0 Å². The molecule has 0 amide bonds. The molecule has 0 unspecified atom stereocenters. The molecule has 0 N–H and O–H groups in total. The van der Waals surface area contributed by atoms with Gasteiger partial charge in [-0.05, 0) is 29.3 Å². The normalized spacial score (nSPS) is 12.8. The predicted molar refractivity (Wildman–Crippen MR) is 70.2 cm³/mol. The van der Waals surface area contributed by atoms with Crippen LogP contribution in [0.3, 0.4) is 0 Å². The highest BCUT2D eigenvalue weighted by atomic mass is 16.3. The fourth-order valence-electron chi connectivity index (χ4n) is 2.19. The van der Waals surface area contributed by atoms with E-state index in [1.807, 2.05) is 12.1 Å². The lowest BCUT2D eigenvalue weighted by molar-refractivity contribution is 0.615. The van der Waals surface area contributed by atoms with E-state index < -0.39 is 0 Å². The van der Waals surface area contributed by atoms with Gasteiger partial charge in [-0.2, -0.15) is 0 Å². The van der Waals surface area contributed by atoms with Crippen LogP contribution in [0.25, 0.3) is 11.0 Å². The Kier molecular flexibility index (Phi) is 2.45. The zero-order chi connectivity index (χ0) is 11.7. The SMILES string of the molecule is C[C@@H](c1ccccc1)c1ccc2occc2c1. The highest BCUT2D eigenvalue weighted by Gasteiger charge is 2.08. The van der Waals surface area contributed by atoms with E-state index in [4.69, 9.17) is 4.42 Å². The molecule has 1 atom stereocenters. The van der Waals surface area contributed by atoms with E-state index in [0.29, 0.717) is 5.92 Å². The van der Waals surface area contributed by atoms with Gasteiger partial charge in [-0.25, -0.2) is 0 Å². The zero-order valence-electron chi connectivity index (χ0n) is 9.76. The molecule has 0 saturated carbocycles. The number of hydrogen-bond donors (Lipinski definition) is 0. The van der Waals surface area contributed by atoms with Crippen molar-refractivity contribution in [2.75, 3.05) is 0 Å². The van der Waals surface area contributed by atoms with Crippen molar-refractivity contribution in [2.24, 2.45) is 0 Å². The van der Waals surface area contributed by atoms with Crippen LogP contribution in [0.1, 0.15) is 24.0 Å². The van der Waals surface area contributed by atoms with Gasteiger partial charge in [-0.3, -0.25) is 0 Å². The van der Waals surface area contributed by atoms with E-state index in [1.165, 1.54) is 16.5 Å². The maximum absolute atomic E-state index is 5.36. The van der Waals surface area contributed by atoms with Crippen LogP contribution in [0.4, 0.5) is 0 Å². The van der Waals surface area contributed by atoms with Crippen LogP contribution in [0.2, 0.25) is 0 Å². The van der Waals surface area contributed by atoms with E-state index in [9.17, 15) is 0 Å². The fraction of sp³-hybridized carbons (Fsp3) is 0.125. The molecule has 0 aliphatic heterocycles. The van der Waals surface area contributed by atoms with Gasteiger partial charge in [-0.1, -0.05) is 43.3 Å². The van der Waals surface area contributed by atoms with Gasteiger partial charge < -0.3 is 4.42 Å². The Morgan fingerprint density at radius 3 is 2.53 bits per heavy atom. The molecule has 0 aliphatic carbocycles. The van der Waals surface area contributed by atoms with Gasteiger partial charge in [0.25, 0.3) is 0 Å². The molecule has 1 nitrogen and oxygen atoms in total. The number of hydrogen-bond acceptors (Lipinski definition) is 1. The second-order valence-electron chi connectivity index (χ2n) is 4.35. The van der Waals surface area contributed by atoms with E-state index in [1.54, 1.807) is 6.26 Å². The zero-order valence-corrected chi connectivity index (χ0v) is 9.76. The van der Waals surface area contributed by atoms with E-state index >= 15 is 0 Å². The molecule has 0 spiro atoms. The lowest BCUT2D eigenvalue weighted by atomic mass is 9.93. The molecule has 0 bridgehead atoms. The number of furan rings is 1. The number of benzene rings is 2. The third kappa shape index (κ3) is 1.84. The summed E-state index contributed by atoms with van der Waals surface area (Å²) in [5.41, 5.74) is 3.62. The van der Waals surface area contributed by atoms with Crippen LogP contribution in [-0.2, 0) is 0 Å². The van der Waals surface area contributed by atoms with Crippen LogP contribution in [0.5, 0.6) is 0 Å². The van der Waals surface area contributed by atoms with Crippen molar-refractivity contribution in [3.05, 3.63) is 72.0 Å². The van der Waals surface area contributed by atoms with Crippen molar-refractivity contribution in [3.8, 4) is 0 Å². The lowest BCUT2D eigenvalue weighted by Gasteiger charge is -2.12. The summed E-state index contributed by atoms with van der Waals surface area (Å²) >= 11 is 0. The number of fused-ring (bicyclic) bond motifs is 1. The van der Waals surface area contributed by atoms with Gasteiger partial charge in [0, 0.05) is 11.3 Å². The standard InChI is InChI=1S/C16H14O/c1-12(13-5-3-2-4-6-13)14-7-8-16-15(11-14)9-10-17-16/h2-12H,1H3/t12-/m0/s1. The molecule has 1 aromatic heterocycles. The van der Waals surface area contributed by atoms with Gasteiger partial charge in [0.15, 0.2) is 0 Å². The van der Waals surface area contributed by atoms with Crippen LogP contribution in [0, 0.1) is 0 Å². The van der Waals surface area contributed by atoms with Crippen molar-refractivity contribution in [1.82, 2.24) is 0 Å². The molecule has 3 aromatic rings. The van der Waals surface area contributed by atoms with E-state index in [2.05, 4.69) is 49.4 Å². The molecule has 1 heterocycles. The molecule has 0 fully saturated rings. The molecular formula is C16H14O. The molecule has 0 radical (unpaired) electrons. The summed E-state index contributed by atoms with van der Waals surface area (Å²) in [4.78, 5) is 0. The molecule has 17 heavy (non-hydrogen) atoms. The Balaban J connectivity index is 2.03. The first-order valence-electron chi connectivity index (χ1n) is 5.87. The molecular weight excluding hydrogens is 208 g/mol. The Morgan fingerprint density at radius 1 is 0.882 bits per heavy atom. The molecule has 2 aromatic carbocycles. The summed E-state index contributed by atoms with van der Waals surface area (Å²) in [6.07, 6.45) is 1.74. The quantitative estimate of drug-likeness (QED) is 0.618. The summed E-state index contributed by atoms with van der Waals surface area (Å²) in [6.45, 7) is 2.23. The average molecular weight is 222 g/mol. The topological polar surface area (TPSA) is 13.1 Å². The van der Waals surface area contributed by atoms with Gasteiger partial charge in [0.1, 0.15) is 5.58 Å². The maximum atomic E-state index is 5.36. The van der Waals surface area contributed by atoms with Crippen molar-refractivity contribution in [1.29, 1.82) is 0 Å². The maximum Gasteiger partial charge on any atom is 0.133 e. The van der Waals surface area contributed by atoms with Crippen LogP contribution >= 0.6 is 0 Å². The minimum Gasteiger partial charge on any atom is -0.464 e. The van der Waals surface area contributed by atoms with Crippen LogP contribution in [0.15, 0.2) is 65.3 Å². The Bertz CT molecular complexity index is 622. The highest BCUT2D eigenvalue weighted by Crippen LogP contribution is 2.27. The molecule has 0 saturated heterocycles. The van der Waals surface area contributed by atoms with Gasteiger partial charge in [0.2, 0.25) is 0 Å². The van der Waals surface area contributed by atoms with Gasteiger partial charge >= 0.3 is 0 Å². The first-order valence-corrected chi connectivity index (χ1v) is 5.87. The largest absolute Gasteiger partial charge is 0.464 e. The molecule has 3 rings (SSSR count). The van der Waals surface area contributed by atoms with Crippen molar-refractivity contribution >= 4 is 11.0 Å². The molecule has 1 heteroatoms. The fourth-order valence-corrected chi connectivity index (χ4v) is 2.19. The van der Waals surface area contributed by atoms with E-state index in [-0.39, 0.29) is 0 Å². The predicted octanol–water partition coefficient (Wildman–Crippen LogP) is 4.58. The van der Waals surface area contributed by atoms with E-state index in [0.717, 1.165) is 5.58 Å².